The van der Waals surface area contributed by atoms with Gasteiger partial charge in [0.25, 0.3) is 0 Å². The SMILES string of the molecule is FC(F)(F)Oc1ccc(SCCCN2CCN(c3cccc4[nH]ccc34)CC2)cc1.c1ccc2[nH]ccc2c1. The van der Waals surface area contributed by atoms with E-state index in [2.05, 4.69) is 67.0 Å². The van der Waals surface area contributed by atoms with Crippen LogP contribution in [0.4, 0.5) is 18.9 Å². The van der Waals surface area contributed by atoms with E-state index in [9.17, 15) is 13.2 Å². The molecular formula is C30H31F3N4OS. The van der Waals surface area contributed by atoms with Crippen molar-refractivity contribution in [2.75, 3.05) is 43.4 Å². The topological polar surface area (TPSA) is 47.3 Å². The summed E-state index contributed by atoms with van der Waals surface area (Å²) in [6.45, 7) is 5.13. The minimum absolute atomic E-state index is 0.181. The number of aromatic amines is 2. The van der Waals surface area contributed by atoms with Crippen LogP contribution in [0.1, 0.15) is 6.42 Å². The summed E-state index contributed by atoms with van der Waals surface area (Å²) >= 11 is 1.66. The number of fused-ring (bicyclic) bond motifs is 2. The maximum atomic E-state index is 12.2. The number of para-hydroxylation sites is 1. The molecule has 3 heterocycles. The van der Waals surface area contributed by atoms with E-state index in [0.29, 0.717) is 0 Å². The van der Waals surface area contributed by atoms with Gasteiger partial charge in [-0.25, -0.2) is 0 Å². The number of H-pyrrole nitrogens is 2. The van der Waals surface area contributed by atoms with Gasteiger partial charge in [0.15, 0.2) is 0 Å². The number of piperazine rings is 1. The molecule has 0 radical (unpaired) electrons. The molecule has 3 aromatic carbocycles. The highest BCUT2D eigenvalue weighted by molar-refractivity contribution is 7.99. The van der Waals surface area contributed by atoms with Crippen LogP contribution in [-0.2, 0) is 0 Å². The van der Waals surface area contributed by atoms with Crippen molar-refractivity contribution in [3.63, 3.8) is 0 Å². The monoisotopic (exact) mass is 552 g/mol. The fourth-order valence-corrected chi connectivity index (χ4v) is 5.61. The number of anilines is 1. The van der Waals surface area contributed by atoms with Gasteiger partial charge >= 0.3 is 6.36 Å². The predicted octanol–water partition coefficient (Wildman–Crippen LogP) is 7.54. The molecule has 0 amide bonds. The number of ether oxygens (including phenoxy) is 1. The highest BCUT2D eigenvalue weighted by Crippen LogP contribution is 2.28. The number of thioether (sulfide) groups is 1. The summed E-state index contributed by atoms with van der Waals surface area (Å²) in [5, 5.41) is 2.55. The van der Waals surface area contributed by atoms with Crippen molar-refractivity contribution in [1.29, 1.82) is 0 Å². The van der Waals surface area contributed by atoms with Crippen molar-refractivity contribution < 1.29 is 17.9 Å². The first-order valence-electron chi connectivity index (χ1n) is 13.0. The fraction of sp³-hybridized carbons (Fsp3) is 0.267. The van der Waals surface area contributed by atoms with Crippen LogP contribution < -0.4 is 9.64 Å². The molecule has 1 aliphatic rings. The van der Waals surface area contributed by atoms with Crippen molar-refractivity contribution in [3.8, 4) is 5.75 Å². The lowest BCUT2D eigenvalue weighted by atomic mass is 10.1. The normalized spacial score (nSPS) is 14.4. The molecule has 6 rings (SSSR count). The Hall–Kier alpha value is -3.56. The molecule has 9 heteroatoms. The molecule has 0 atom stereocenters. The van der Waals surface area contributed by atoms with Crippen LogP contribution in [0.3, 0.4) is 0 Å². The van der Waals surface area contributed by atoms with E-state index in [4.69, 9.17) is 0 Å². The van der Waals surface area contributed by atoms with Crippen molar-refractivity contribution in [2.45, 2.75) is 17.7 Å². The van der Waals surface area contributed by atoms with Crippen molar-refractivity contribution in [2.24, 2.45) is 0 Å². The first kappa shape index (κ1) is 27.0. The molecule has 5 aromatic rings. The Bertz CT molecular complexity index is 1430. The molecule has 5 nitrogen and oxygen atoms in total. The van der Waals surface area contributed by atoms with E-state index in [1.807, 2.05) is 24.5 Å². The average Bonchev–Trinajstić information content (AvgIpc) is 3.62. The molecular weight excluding hydrogens is 521 g/mol. The zero-order valence-corrected chi connectivity index (χ0v) is 22.3. The lowest BCUT2D eigenvalue weighted by Crippen LogP contribution is -2.46. The van der Waals surface area contributed by atoms with Gasteiger partial charge in [-0.1, -0.05) is 24.3 Å². The molecule has 204 valence electrons. The number of hydrogen-bond acceptors (Lipinski definition) is 4. The number of alkyl halides is 3. The van der Waals surface area contributed by atoms with Crippen LogP contribution in [0.15, 0.2) is 96.2 Å². The number of benzene rings is 3. The summed E-state index contributed by atoms with van der Waals surface area (Å²) in [5.74, 6) is 0.752. The second kappa shape index (κ2) is 12.5. The molecule has 0 unspecified atom stereocenters. The van der Waals surface area contributed by atoms with Crippen molar-refractivity contribution in [3.05, 3.63) is 91.3 Å². The van der Waals surface area contributed by atoms with E-state index in [1.165, 1.54) is 39.6 Å². The smallest absolute Gasteiger partial charge is 0.406 e. The van der Waals surface area contributed by atoms with Gasteiger partial charge in [-0.15, -0.1) is 24.9 Å². The zero-order chi connectivity index (χ0) is 27.1. The van der Waals surface area contributed by atoms with E-state index in [-0.39, 0.29) is 5.75 Å². The summed E-state index contributed by atoms with van der Waals surface area (Å²) < 4.78 is 40.5. The minimum Gasteiger partial charge on any atom is -0.406 e. The summed E-state index contributed by atoms with van der Waals surface area (Å²) in [6, 6.07) is 24.9. The second-order valence-corrected chi connectivity index (χ2v) is 10.5. The van der Waals surface area contributed by atoms with Crippen LogP contribution in [0.25, 0.3) is 21.8 Å². The van der Waals surface area contributed by atoms with E-state index >= 15 is 0 Å². The highest BCUT2D eigenvalue weighted by Gasteiger charge is 2.31. The maximum absolute atomic E-state index is 12.2. The number of rotatable bonds is 7. The number of hydrogen-bond donors (Lipinski definition) is 2. The summed E-state index contributed by atoms with van der Waals surface area (Å²) in [6.07, 6.45) is 0.329. The Morgan fingerprint density at radius 3 is 2.26 bits per heavy atom. The second-order valence-electron chi connectivity index (χ2n) is 9.33. The quantitative estimate of drug-likeness (QED) is 0.162. The summed E-state index contributed by atoms with van der Waals surface area (Å²) in [5.41, 5.74) is 3.67. The van der Waals surface area contributed by atoms with Gasteiger partial charge in [-0.3, -0.25) is 4.90 Å². The van der Waals surface area contributed by atoms with Gasteiger partial charge in [0, 0.05) is 65.6 Å². The van der Waals surface area contributed by atoms with Crippen LogP contribution in [0.2, 0.25) is 0 Å². The first-order valence-corrected chi connectivity index (χ1v) is 14.0. The van der Waals surface area contributed by atoms with E-state index < -0.39 is 6.36 Å². The number of nitrogens with one attached hydrogen (secondary N) is 2. The molecule has 0 saturated carbocycles. The zero-order valence-electron chi connectivity index (χ0n) is 21.5. The van der Waals surface area contributed by atoms with Crippen LogP contribution in [-0.4, -0.2) is 59.7 Å². The van der Waals surface area contributed by atoms with Crippen LogP contribution >= 0.6 is 11.8 Å². The number of nitrogens with zero attached hydrogens (tertiary/aromatic N) is 2. The lowest BCUT2D eigenvalue weighted by Gasteiger charge is -2.36. The van der Waals surface area contributed by atoms with Gasteiger partial charge in [0.05, 0.1) is 0 Å². The third kappa shape index (κ3) is 7.52. The van der Waals surface area contributed by atoms with Crippen molar-refractivity contribution in [1.82, 2.24) is 14.9 Å². The van der Waals surface area contributed by atoms with Gasteiger partial charge in [-0.05, 0) is 78.7 Å². The lowest BCUT2D eigenvalue weighted by molar-refractivity contribution is -0.274. The van der Waals surface area contributed by atoms with Crippen LogP contribution in [0, 0.1) is 0 Å². The molecule has 2 aromatic heterocycles. The minimum atomic E-state index is -4.65. The Morgan fingerprint density at radius 1 is 0.769 bits per heavy atom. The van der Waals surface area contributed by atoms with E-state index in [0.717, 1.165) is 49.8 Å². The van der Waals surface area contributed by atoms with Crippen molar-refractivity contribution >= 4 is 39.3 Å². The maximum Gasteiger partial charge on any atom is 0.573 e. The van der Waals surface area contributed by atoms with Gasteiger partial charge < -0.3 is 19.6 Å². The molecule has 1 saturated heterocycles. The standard InChI is InChI=1S/C22H24F3N3OS.C8H7N/c23-22(24,25)29-17-5-7-18(8-6-17)30-16-2-11-27-12-14-28(15-13-27)21-4-1-3-20-19(21)9-10-26-20;1-2-4-8-7(3-1)5-6-9-8/h1,3-10,26H,2,11-16H2;1-6,9H. The molecule has 39 heavy (non-hydrogen) atoms. The third-order valence-electron chi connectivity index (χ3n) is 6.69. The number of halogens is 3. The van der Waals surface area contributed by atoms with Gasteiger partial charge in [0.2, 0.25) is 0 Å². The third-order valence-corrected chi connectivity index (χ3v) is 7.79. The highest BCUT2D eigenvalue weighted by atomic mass is 32.2. The molecule has 0 aliphatic carbocycles. The Kier molecular flexibility index (Phi) is 8.68. The Balaban J connectivity index is 0.000000287. The Labute approximate surface area is 229 Å². The Morgan fingerprint density at radius 2 is 1.49 bits per heavy atom. The van der Waals surface area contributed by atoms with Gasteiger partial charge in [-0.2, -0.15) is 0 Å². The fourth-order valence-electron chi connectivity index (χ4n) is 4.77. The summed E-state index contributed by atoms with van der Waals surface area (Å²) in [7, 11) is 0. The number of aromatic nitrogens is 2. The first-order chi connectivity index (χ1) is 18.9. The molecule has 1 aliphatic heterocycles. The van der Waals surface area contributed by atoms with Crippen LogP contribution in [0.5, 0.6) is 5.75 Å². The average molecular weight is 553 g/mol. The van der Waals surface area contributed by atoms with Gasteiger partial charge in [0.1, 0.15) is 5.75 Å². The molecule has 2 N–H and O–H groups in total. The molecule has 0 bridgehead atoms. The molecule has 0 spiro atoms. The molecule has 1 fully saturated rings. The predicted molar refractivity (Wildman–Crippen MR) is 154 cm³/mol. The largest absolute Gasteiger partial charge is 0.573 e. The van der Waals surface area contributed by atoms with E-state index in [1.54, 1.807) is 23.9 Å². The summed E-state index contributed by atoms with van der Waals surface area (Å²) in [4.78, 5) is 12.3.